The molecule has 0 aliphatic carbocycles. The molecule has 0 aliphatic rings. The monoisotopic (exact) mass is 456 g/mol. The fourth-order valence-electron chi connectivity index (χ4n) is 3.62. The fraction of sp³-hybridized carbons (Fsp3) is 0.143. The van der Waals surface area contributed by atoms with Crippen molar-refractivity contribution in [2.24, 2.45) is 7.05 Å². The highest BCUT2D eigenvalue weighted by atomic mass is 35.5. The molecule has 5 rings (SSSR count). The zero-order chi connectivity index (χ0) is 22.6. The van der Waals surface area contributed by atoms with Crippen LogP contribution in [0.5, 0.6) is 0 Å². The van der Waals surface area contributed by atoms with Gasteiger partial charge in [-0.05, 0) is 35.4 Å². The summed E-state index contributed by atoms with van der Waals surface area (Å²) in [5.41, 5.74) is 0.608. The number of hydrogen-bond acceptors (Lipinski definition) is 4. The minimum absolute atomic E-state index is 0.0217. The van der Waals surface area contributed by atoms with Gasteiger partial charge in [0.05, 0.1) is 13.1 Å². The van der Waals surface area contributed by atoms with Crippen molar-refractivity contribution in [1.29, 1.82) is 0 Å². The van der Waals surface area contributed by atoms with Crippen LogP contribution in [-0.2, 0) is 20.1 Å². The van der Waals surface area contributed by atoms with Crippen LogP contribution >= 0.6 is 11.6 Å². The van der Waals surface area contributed by atoms with Gasteiger partial charge in [0.25, 0.3) is 5.56 Å². The Morgan fingerprint density at radius 1 is 0.969 bits per heavy atom. The minimum atomic E-state index is -0.508. The van der Waals surface area contributed by atoms with E-state index < -0.39 is 22.9 Å². The van der Waals surface area contributed by atoms with Crippen LogP contribution in [0, 0.1) is 11.6 Å². The third-order valence-electron chi connectivity index (χ3n) is 5.15. The van der Waals surface area contributed by atoms with Crippen LogP contribution in [0.1, 0.15) is 11.1 Å². The number of aryl methyl sites for hydroxylation is 1. The summed E-state index contributed by atoms with van der Waals surface area (Å²) in [5, 5.41) is 8.73. The molecule has 8 nitrogen and oxygen atoms in total. The maximum atomic E-state index is 13.4. The number of nitrogens with zero attached hydrogens (tertiary/aromatic N) is 6. The standard InChI is InChI=1S/C21H15ClF2N6O2/c1-27-11-17-18(25-27)19(31)28(9-12-2-5-14(23)6-3-12)20-26-29(21(32)30(17)20)10-13-4-7-15(24)8-16(13)22/h2-8,11H,9-10H2,1H3. The molecule has 0 unspecified atom stereocenters. The summed E-state index contributed by atoms with van der Waals surface area (Å²) >= 11 is 6.12. The largest absolute Gasteiger partial charge is 0.352 e. The van der Waals surface area contributed by atoms with E-state index in [4.69, 9.17) is 11.6 Å². The number of halogens is 3. The Bertz CT molecular complexity index is 1610. The third kappa shape index (κ3) is 3.28. The summed E-state index contributed by atoms with van der Waals surface area (Å²) < 4.78 is 31.9. The molecule has 0 spiro atoms. The first-order valence-corrected chi connectivity index (χ1v) is 9.94. The summed E-state index contributed by atoms with van der Waals surface area (Å²) in [5.74, 6) is -0.794. The predicted molar refractivity (Wildman–Crippen MR) is 114 cm³/mol. The number of fused-ring (bicyclic) bond motifs is 3. The van der Waals surface area contributed by atoms with Crippen LogP contribution in [0.3, 0.4) is 0 Å². The SMILES string of the molecule is Cn1cc2c(n1)c(=O)n(Cc1ccc(F)cc1)c1nn(Cc3ccc(F)cc3Cl)c(=O)n21. The lowest BCUT2D eigenvalue weighted by Gasteiger charge is -2.07. The zero-order valence-corrected chi connectivity index (χ0v) is 17.4. The smallest absolute Gasteiger partial charge is 0.273 e. The van der Waals surface area contributed by atoms with Crippen LogP contribution in [0.25, 0.3) is 16.8 Å². The minimum Gasteiger partial charge on any atom is -0.273 e. The van der Waals surface area contributed by atoms with E-state index >= 15 is 0 Å². The van der Waals surface area contributed by atoms with Crippen molar-refractivity contribution in [3.63, 3.8) is 0 Å². The summed E-state index contributed by atoms with van der Waals surface area (Å²) in [7, 11) is 1.64. The van der Waals surface area contributed by atoms with Gasteiger partial charge in [0, 0.05) is 18.3 Å². The van der Waals surface area contributed by atoms with Crippen molar-refractivity contribution in [2.45, 2.75) is 13.1 Å². The predicted octanol–water partition coefficient (Wildman–Crippen LogP) is 2.57. The van der Waals surface area contributed by atoms with E-state index in [1.54, 1.807) is 25.4 Å². The number of benzene rings is 2. The first-order chi connectivity index (χ1) is 15.3. The van der Waals surface area contributed by atoms with E-state index in [0.29, 0.717) is 16.6 Å². The molecule has 0 atom stereocenters. The van der Waals surface area contributed by atoms with Gasteiger partial charge in [-0.15, -0.1) is 5.10 Å². The van der Waals surface area contributed by atoms with Gasteiger partial charge in [-0.1, -0.05) is 29.8 Å². The molecule has 0 amide bonds. The van der Waals surface area contributed by atoms with Gasteiger partial charge in [-0.3, -0.25) is 14.0 Å². The fourth-order valence-corrected chi connectivity index (χ4v) is 3.85. The van der Waals surface area contributed by atoms with Crippen LogP contribution in [0.15, 0.2) is 58.3 Å². The molecule has 32 heavy (non-hydrogen) atoms. The molecule has 0 N–H and O–H groups in total. The van der Waals surface area contributed by atoms with Gasteiger partial charge < -0.3 is 0 Å². The Balaban J connectivity index is 1.74. The van der Waals surface area contributed by atoms with Crippen molar-refractivity contribution in [3.8, 4) is 0 Å². The molecular weight excluding hydrogens is 442 g/mol. The Kier molecular flexibility index (Phi) is 4.66. The lowest BCUT2D eigenvalue weighted by molar-refractivity contribution is 0.622. The second-order valence-corrected chi connectivity index (χ2v) is 7.77. The van der Waals surface area contributed by atoms with Crippen LogP contribution in [-0.4, -0.2) is 28.5 Å². The number of aromatic nitrogens is 6. The molecule has 3 aromatic heterocycles. The van der Waals surface area contributed by atoms with Crippen LogP contribution < -0.4 is 11.2 Å². The molecule has 0 radical (unpaired) electrons. The van der Waals surface area contributed by atoms with Gasteiger partial charge in [-0.2, -0.15) is 5.10 Å². The molecule has 2 aromatic carbocycles. The van der Waals surface area contributed by atoms with E-state index in [0.717, 1.165) is 10.7 Å². The third-order valence-corrected chi connectivity index (χ3v) is 5.50. The van der Waals surface area contributed by atoms with Crippen molar-refractivity contribution in [1.82, 2.24) is 28.5 Å². The van der Waals surface area contributed by atoms with Crippen molar-refractivity contribution < 1.29 is 8.78 Å². The Labute approximate surface area is 183 Å². The summed E-state index contributed by atoms with van der Waals surface area (Å²) in [6, 6.07) is 9.55. The normalized spacial score (nSPS) is 11.6. The topological polar surface area (TPSA) is 79.1 Å². The Morgan fingerprint density at radius 2 is 1.69 bits per heavy atom. The average molecular weight is 457 g/mol. The van der Waals surface area contributed by atoms with Gasteiger partial charge in [0.1, 0.15) is 17.2 Å². The molecule has 0 fully saturated rings. The summed E-state index contributed by atoms with van der Waals surface area (Å²) in [4.78, 5) is 26.4. The van der Waals surface area contributed by atoms with E-state index in [9.17, 15) is 18.4 Å². The molecule has 162 valence electrons. The number of rotatable bonds is 4. The van der Waals surface area contributed by atoms with Gasteiger partial charge in [0.2, 0.25) is 5.78 Å². The highest BCUT2D eigenvalue weighted by Gasteiger charge is 2.20. The Morgan fingerprint density at radius 3 is 2.41 bits per heavy atom. The van der Waals surface area contributed by atoms with E-state index in [-0.39, 0.29) is 29.4 Å². The van der Waals surface area contributed by atoms with E-state index in [1.165, 1.54) is 37.9 Å². The molecule has 3 heterocycles. The average Bonchev–Trinajstić information content (AvgIpc) is 3.29. The van der Waals surface area contributed by atoms with Crippen molar-refractivity contribution in [3.05, 3.63) is 97.3 Å². The van der Waals surface area contributed by atoms with Crippen LogP contribution in [0.2, 0.25) is 5.02 Å². The van der Waals surface area contributed by atoms with Crippen molar-refractivity contribution >= 4 is 28.4 Å². The van der Waals surface area contributed by atoms with Crippen molar-refractivity contribution in [2.75, 3.05) is 0 Å². The quantitative estimate of drug-likeness (QED) is 0.416. The molecule has 5 aromatic rings. The maximum absolute atomic E-state index is 13.4. The molecule has 0 saturated heterocycles. The number of hydrogen-bond donors (Lipinski definition) is 0. The first kappa shape index (κ1) is 20.1. The maximum Gasteiger partial charge on any atom is 0.352 e. The lowest BCUT2D eigenvalue weighted by atomic mass is 10.2. The summed E-state index contributed by atoms with van der Waals surface area (Å²) in [6.07, 6.45) is 1.56. The Hall–Kier alpha value is -3.79. The lowest BCUT2D eigenvalue weighted by Crippen LogP contribution is -2.26. The molecule has 11 heteroatoms. The van der Waals surface area contributed by atoms with Gasteiger partial charge >= 0.3 is 5.69 Å². The molecular formula is C21H15ClF2N6O2. The highest BCUT2D eigenvalue weighted by molar-refractivity contribution is 6.31. The molecule has 0 aliphatic heterocycles. The van der Waals surface area contributed by atoms with E-state index in [1.807, 2.05) is 0 Å². The second kappa shape index (κ2) is 7.41. The highest BCUT2D eigenvalue weighted by Crippen LogP contribution is 2.18. The van der Waals surface area contributed by atoms with Gasteiger partial charge in [-0.25, -0.2) is 22.7 Å². The summed E-state index contributed by atoms with van der Waals surface area (Å²) in [6.45, 7) is 0.0367. The second-order valence-electron chi connectivity index (χ2n) is 7.37. The van der Waals surface area contributed by atoms with E-state index in [2.05, 4.69) is 10.2 Å². The molecule has 0 bridgehead atoms. The zero-order valence-electron chi connectivity index (χ0n) is 16.7. The first-order valence-electron chi connectivity index (χ1n) is 9.56. The van der Waals surface area contributed by atoms with Gasteiger partial charge in [0.15, 0.2) is 5.52 Å². The molecule has 0 saturated carbocycles. The van der Waals surface area contributed by atoms with Crippen LogP contribution in [0.4, 0.5) is 8.78 Å².